The van der Waals surface area contributed by atoms with Crippen LogP contribution in [0.2, 0.25) is 5.02 Å². The Morgan fingerprint density at radius 3 is 2.71 bits per heavy atom. The first-order chi connectivity index (χ1) is 10.1. The van der Waals surface area contributed by atoms with Gasteiger partial charge in [0.1, 0.15) is 0 Å². The second-order valence-corrected chi connectivity index (χ2v) is 5.62. The van der Waals surface area contributed by atoms with E-state index in [0.717, 1.165) is 29.4 Å². The maximum Gasteiger partial charge on any atom is 0.0642 e. The molecule has 3 nitrogen and oxygen atoms in total. The van der Waals surface area contributed by atoms with Crippen molar-refractivity contribution in [3.63, 3.8) is 0 Å². The van der Waals surface area contributed by atoms with Gasteiger partial charge in [-0.2, -0.15) is 0 Å². The number of aromatic nitrogens is 1. The van der Waals surface area contributed by atoms with Crippen LogP contribution in [0.25, 0.3) is 0 Å². The molecular weight excluding hydrogens is 282 g/mol. The van der Waals surface area contributed by atoms with Crippen molar-refractivity contribution in [2.24, 2.45) is 0 Å². The van der Waals surface area contributed by atoms with E-state index in [2.05, 4.69) is 41.3 Å². The topological polar surface area (TPSA) is 28.2 Å². The van der Waals surface area contributed by atoms with Crippen LogP contribution in [0.5, 0.6) is 0 Å². The minimum absolute atomic E-state index is 0.301. The Kier molecular flexibility index (Phi) is 5.59. The first-order valence-electron chi connectivity index (χ1n) is 7.19. The predicted molar refractivity (Wildman–Crippen MR) is 90.1 cm³/mol. The maximum atomic E-state index is 6.42. The lowest BCUT2D eigenvalue weighted by Gasteiger charge is -2.22. The Bertz CT molecular complexity index is 572. The summed E-state index contributed by atoms with van der Waals surface area (Å²) >= 11 is 6.42. The third-order valence-corrected chi connectivity index (χ3v) is 4.05. The summed E-state index contributed by atoms with van der Waals surface area (Å²) in [4.78, 5) is 6.52. The molecule has 0 saturated heterocycles. The lowest BCUT2D eigenvalue weighted by atomic mass is 10.1. The van der Waals surface area contributed by atoms with Gasteiger partial charge >= 0.3 is 0 Å². The molecule has 0 saturated carbocycles. The van der Waals surface area contributed by atoms with Crippen molar-refractivity contribution < 1.29 is 0 Å². The molecule has 0 radical (unpaired) electrons. The highest BCUT2D eigenvalue weighted by atomic mass is 35.5. The first-order valence-corrected chi connectivity index (χ1v) is 7.57. The van der Waals surface area contributed by atoms with Gasteiger partial charge in [0.2, 0.25) is 0 Å². The van der Waals surface area contributed by atoms with Crippen LogP contribution < -0.4 is 10.2 Å². The summed E-state index contributed by atoms with van der Waals surface area (Å²) in [7, 11) is 4.01. The molecule has 2 rings (SSSR count). The van der Waals surface area contributed by atoms with E-state index < -0.39 is 0 Å². The number of likely N-dealkylation sites (N-methyl/N-ethyl adjacent to an activating group) is 1. The van der Waals surface area contributed by atoms with Crippen molar-refractivity contribution in [1.29, 1.82) is 0 Å². The van der Waals surface area contributed by atoms with Crippen molar-refractivity contribution in [3.8, 4) is 0 Å². The van der Waals surface area contributed by atoms with Gasteiger partial charge in [-0.25, -0.2) is 0 Å². The average Bonchev–Trinajstić information content (AvgIpc) is 2.52. The number of benzene rings is 1. The van der Waals surface area contributed by atoms with Crippen molar-refractivity contribution in [3.05, 3.63) is 58.9 Å². The van der Waals surface area contributed by atoms with Crippen LogP contribution in [-0.2, 0) is 6.42 Å². The molecule has 21 heavy (non-hydrogen) atoms. The molecule has 0 aliphatic heterocycles. The van der Waals surface area contributed by atoms with Crippen LogP contribution in [0.1, 0.15) is 24.2 Å². The van der Waals surface area contributed by atoms with E-state index in [1.165, 1.54) is 5.56 Å². The van der Waals surface area contributed by atoms with E-state index in [0.29, 0.717) is 6.04 Å². The van der Waals surface area contributed by atoms with Crippen LogP contribution in [0.15, 0.2) is 42.6 Å². The fraction of sp³-hybridized carbons (Fsp3) is 0.353. The molecule has 1 aromatic carbocycles. The van der Waals surface area contributed by atoms with Gasteiger partial charge in [0.15, 0.2) is 0 Å². The minimum Gasteiger partial charge on any atom is -0.373 e. The number of anilines is 1. The third kappa shape index (κ3) is 4.19. The van der Waals surface area contributed by atoms with E-state index in [1.54, 1.807) is 0 Å². The first kappa shape index (κ1) is 15.8. The number of halogens is 1. The Labute approximate surface area is 132 Å². The molecule has 0 bridgehead atoms. The fourth-order valence-corrected chi connectivity index (χ4v) is 2.55. The van der Waals surface area contributed by atoms with Crippen LogP contribution in [0.4, 0.5) is 5.69 Å². The number of rotatable bonds is 6. The van der Waals surface area contributed by atoms with Crippen LogP contribution in [0, 0.1) is 0 Å². The second kappa shape index (κ2) is 7.43. The quantitative estimate of drug-likeness (QED) is 0.882. The summed E-state index contributed by atoms with van der Waals surface area (Å²) < 4.78 is 0. The Hall–Kier alpha value is -1.58. The monoisotopic (exact) mass is 303 g/mol. The molecule has 1 heterocycles. The highest BCUT2D eigenvalue weighted by Gasteiger charge is 2.10. The molecule has 1 unspecified atom stereocenters. The van der Waals surface area contributed by atoms with E-state index in [1.807, 2.05) is 37.5 Å². The summed E-state index contributed by atoms with van der Waals surface area (Å²) in [6.07, 6.45) is 2.73. The smallest absolute Gasteiger partial charge is 0.0642 e. The normalized spacial score (nSPS) is 12.2. The zero-order valence-corrected chi connectivity index (χ0v) is 13.6. The van der Waals surface area contributed by atoms with Gasteiger partial charge in [-0.05, 0) is 43.8 Å². The summed E-state index contributed by atoms with van der Waals surface area (Å²) in [5.41, 5.74) is 3.35. The largest absolute Gasteiger partial charge is 0.373 e. The zero-order chi connectivity index (χ0) is 15.2. The molecule has 1 N–H and O–H groups in total. The minimum atomic E-state index is 0.301. The molecule has 0 spiro atoms. The number of nitrogens with one attached hydrogen (secondary N) is 1. The van der Waals surface area contributed by atoms with Crippen LogP contribution in [0.3, 0.4) is 0 Å². The van der Waals surface area contributed by atoms with Crippen molar-refractivity contribution in [2.75, 3.05) is 25.5 Å². The van der Waals surface area contributed by atoms with Gasteiger partial charge < -0.3 is 10.2 Å². The van der Waals surface area contributed by atoms with E-state index in [-0.39, 0.29) is 0 Å². The van der Waals surface area contributed by atoms with E-state index in [4.69, 9.17) is 11.6 Å². The lowest BCUT2D eigenvalue weighted by Crippen LogP contribution is -2.21. The highest BCUT2D eigenvalue weighted by Crippen LogP contribution is 2.28. The number of hydrogen-bond donors (Lipinski definition) is 1. The Balaban J connectivity index is 2.04. The molecule has 112 valence electrons. The fourth-order valence-electron chi connectivity index (χ4n) is 2.22. The molecule has 2 aromatic rings. The van der Waals surface area contributed by atoms with Gasteiger partial charge in [-0.15, -0.1) is 0 Å². The zero-order valence-electron chi connectivity index (χ0n) is 12.8. The van der Waals surface area contributed by atoms with Crippen molar-refractivity contribution in [1.82, 2.24) is 10.3 Å². The predicted octanol–water partition coefficient (Wildman–Crippen LogP) is 3.69. The molecule has 0 aliphatic rings. The average molecular weight is 304 g/mol. The molecule has 1 aromatic heterocycles. The number of pyridine rings is 1. The van der Waals surface area contributed by atoms with Gasteiger partial charge in [0.25, 0.3) is 0 Å². The summed E-state index contributed by atoms with van der Waals surface area (Å²) in [6, 6.07) is 12.6. The number of nitrogens with zero attached hydrogens (tertiary/aromatic N) is 2. The standard InChI is InChI=1S/C17H22ClN3/c1-13(19-2)14-7-8-17(16(18)12-14)21(3)11-9-15-6-4-5-10-20-15/h4-8,10,12-13,19H,9,11H2,1-3H3. The van der Waals surface area contributed by atoms with Crippen molar-refractivity contribution in [2.45, 2.75) is 19.4 Å². The highest BCUT2D eigenvalue weighted by molar-refractivity contribution is 6.33. The van der Waals surface area contributed by atoms with Crippen LogP contribution in [-0.4, -0.2) is 25.6 Å². The van der Waals surface area contributed by atoms with E-state index in [9.17, 15) is 0 Å². The molecule has 0 aliphatic carbocycles. The SMILES string of the molecule is CNC(C)c1ccc(N(C)CCc2ccccn2)c(Cl)c1. The summed E-state index contributed by atoms with van der Waals surface area (Å²) in [6.45, 7) is 3.01. The molecular formula is C17H22ClN3. The molecule has 0 amide bonds. The van der Waals surface area contributed by atoms with Crippen LogP contribution >= 0.6 is 11.6 Å². The number of hydrogen-bond acceptors (Lipinski definition) is 3. The van der Waals surface area contributed by atoms with Crippen molar-refractivity contribution >= 4 is 17.3 Å². The summed E-state index contributed by atoms with van der Waals surface area (Å²) in [5, 5.41) is 4.01. The van der Waals surface area contributed by atoms with Gasteiger partial charge in [0.05, 0.1) is 10.7 Å². The molecule has 1 atom stereocenters. The molecule has 0 fully saturated rings. The van der Waals surface area contributed by atoms with Gasteiger partial charge in [-0.3, -0.25) is 4.98 Å². The summed E-state index contributed by atoms with van der Waals surface area (Å²) in [5.74, 6) is 0. The molecule has 4 heteroatoms. The third-order valence-electron chi connectivity index (χ3n) is 3.75. The van der Waals surface area contributed by atoms with Gasteiger partial charge in [-0.1, -0.05) is 23.7 Å². The Morgan fingerprint density at radius 2 is 2.10 bits per heavy atom. The lowest BCUT2D eigenvalue weighted by molar-refractivity contribution is 0.652. The second-order valence-electron chi connectivity index (χ2n) is 5.21. The maximum absolute atomic E-state index is 6.42. The Morgan fingerprint density at radius 1 is 1.29 bits per heavy atom. The van der Waals surface area contributed by atoms with Gasteiger partial charge in [0, 0.05) is 37.9 Å². The van der Waals surface area contributed by atoms with E-state index >= 15 is 0 Å².